The van der Waals surface area contributed by atoms with Crippen LogP contribution in [-0.2, 0) is 4.74 Å². The van der Waals surface area contributed by atoms with Crippen molar-refractivity contribution in [3.8, 4) is 5.75 Å². The van der Waals surface area contributed by atoms with E-state index in [9.17, 15) is 13.6 Å². The topological polar surface area (TPSA) is 89.8 Å². The number of alkyl halides is 3. The maximum absolute atomic E-state index is 13.2. The van der Waals surface area contributed by atoms with Crippen LogP contribution in [0.2, 0.25) is 0 Å². The number of fused-ring (bicyclic) bond motifs is 2. The molecule has 35 heavy (non-hydrogen) atoms. The quantitative estimate of drug-likeness (QED) is 0.478. The molecule has 2 aromatic carbocycles. The lowest BCUT2D eigenvalue weighted by Gasteiger charge is -2.29. The van der Waals surface area contributed by atoms with Crippen LogP contribution in [0.1, 0.15) is 41.1 Å². The molecule has 2 atom stereocenters. The number of halogens is 3. The molecule has 2 aliphatic heterocycles. The fourth-order valence-electron chi connectivity index (χ4n) is 4.40. The number of nitrogens with zero attached hydrogens (tertiary/aromatic N) is 3. The number of aliphatic imine (C=N–C) groups is 1. The maximum Gasteiger partial charge on any atom is 0.487 e. The third-order valence-electron chi connectivity index (χ3n) is 5.95. The van der Waals surface area contributed by atoms with Crippen molar-refractivity contribution in [2.24, 2.45) is 4.99 Å². The number of nitrogens with one attached hydrogen (secondary N) is 2. The molecule has 11 heteroatoms. The number of amides is 1. The minimum Gasteiger partial charge on any atom is -0.420 e. The lowest BCUT2D eigenvalue weighted by Crippen LogP contribution is -2.28. The highest BCUT2D eigenvalue weighted by Crippen LogP contribution is 2.37. The van der Waals surface area contributed by atoms with Crippen LogP contribution in [0, 0.1) is 6.92 Å². The second kappa shape index (κ2) is 8.94. The van der Waals surface area contributed by atoms with Crippen molar-refractivity contribution < 1.29 is 23.0 Å². The summed E-state index contributed by atoms with van der Waals surface area (Å²) in [6, 6.07) is 9.10. The normalized spacial score (nSPS) is 19.3. The van der Waals surface area contributed by atoms with E-state index in [1.165, 1.54) is 24.3 Å². The van der Waals surface area contributed by atoms with E-state index in [0.29, 0.717) is 23.4 Å². The van der Waals surface area contributed by atoms with Gasteiger partial charge in [0.2, 0.25) is 0 Å². The Bertz CT molecular complexity index is 1350. The summed E-state index contributed by atoms with van der Waals surface area (Å²) >= 11 is 4.79. The molecular weight excluding hydrogens is 480 g/mol. The van der Waals surface area contributed by atoms with Crippen LogP contribution in [0.15, 0.2) is 47.6 Å². The predicted octanol–water partition coefficient (Wildman–Crippen LogP) is 5.04. The van der Waals surface area contributed by atoms with Crippen molar-refractivity contribution in [1.82, 2.24) is 14.9 Å². The summed E-state index contributed by atoms with van der Waals surface area (Å²) in [4.78, 5) is 22.3. The minimum absolute atomic E-state index is 0.0751. The van der Waals surface area contributed by atoms with Gasteiger partial charge in [0.15, 0.2) is 6.23 Å². The van der Waals surface area contributed by atoms with Crippen molar-refractivity contribution in [3.05, 3.63) is 59.5 Å². The van der Waals surface area contributed by atoms with Gasteiger partial charge in [0.05, 0.1) is 30.0 Å². The first kappa shape index (κ1) is 23.3. The number of carbonyl (C=O) groups is 1. The van der Waals surface area contributed by atoms with Gasteiger partial charge >= 0.3 is 5.57 Å². The number of carbonyl (C=O) groups excluding carboxylic acids is 1. The Kier molecular flexibility index (Phi) is 5.94. The fourth-order valence-corrected chi connectivity index (χ4v) is 4.49. The largest absolute Gasteiger partial charge is 0.487 e. The molecular formula is C24H22ClF2N5O3. The van der Waals surface area contributed by atoms with Crippen molar-refractivity contribution in [1.29, 1.82) is 0 Å². The highest BCUT2D eigenvalue weighted by atomic mass is 35.5. The third-order valence-corrected chi connectivity index (χ3v) is 6.03. The van der Waals surface area contributed by atoms with E-state index in [0.717, 1.165) is 28.9 Å². The lowest BCUT2D eigenvalue weighted by molar-refractivity contribution is -0.0964. The van der Waals surface area contributed by atoms with Crippen LogP contribution in [0.3, 0.4) is 0 Å². The number of ether oxygens (including phenoxy) is 2. The molecule has 2 N–H and O–H groups in total. The van der Waals surface area contributed by atoms with Crippen LogP contribution in [0.4, 0.5) is 14.5 Å². The molecule has 0 saturated carbocycles. The Hall–Kier alpha value is -3.50. The van der Waals surface area contributed by atoms with Gasteiger partial charge in [-0.25, -0.2) is 9.98 Å². The van der Waals surface area contributed by atoms with Gasteiger partial charge in [-0.05, 0) is 49.7 Å². The molecule has 3 heterocycles. The summed E-state index contributed by atoms with van der Waals surface area (Å²) in [5, 5.41) is 5.79. The van der Waals surface area contributed by atoms with Crippen LogP contribution in [0.25, 0.3) is 16.6 Å². The average molecular weight is 502 g/mol. The standard InChI is InChI=1S/C24H22ClF2N5O3/c1-3-16-11-34-23-19(10-28-12-29-23)18-8-14(9-20-21(18)32(16)13(2)30-20)22(33)31-15-4-6-17(7-5-15)35-24(25,26)27/h4-10,12,16,23H,3,11H2,1-2H3,(H,28,29)(H,31,33)/t16-,23?/m1/s1. The first-order valence-electron chi connectivity index (χ1n) is 11.0. The number of hydrogen-bond donors (Lipinski definition) is 2. The Morgan fingerprint density at radius 2 is 2.11 bits per heavy atom. The Morgan fingerprint density at radius 3 is 2.83 bits per heavy atom. The van der Waals surface area contributed by atoms with Gasteiger partial charge in [-0.2, -0.15) is 0 Å². The number of imidazole rings is 1. The second-order valence-electron chi connectivity index (χ2n) is 8.24. The molecule has 5 rings (SSSR count). The van der Waals surface area contributed by atoms with Crippen LogP contribution in [0.5, 0.6) is 5.75 Å². The summed E-state index contributed by atoms with van der Waals surface area (Å²) in [6.45, 7) is 4.51. The predicted molar refractivity (Wildman–Crippen MR) is 129 cm³/mol. The van der Waals surface area contributed by atoms with E-state index in [2.05, 4.69) is 31.9 Å². The SMILES string of the molecule is CC[C@@H]1COC2N=CNC=C2c2cc(C(=O)Nc3ccc(OC(F)(F)Cl)cc3)cc3nc(C)n1c23. The van der Waals surface area contributed by atoms with Gasteiger partial charge < -0.3 is 24.7 Å². The van der Waals surface area contributed by atoms with Crippen molar-refractivity contribution in [3.63, 3.8) is 0 Å². The first-order chi connectivity index (χ1) is 16.7. The van der Waals surface area contributed by atoms with Crippen molar-refractivity contribution in [2.45, 2.75) is 38.1 Å². The van der Waals surface area contributed by atoms with E-state index in [1.807, 2.05) is 13.1 Å². The van der Waals surface area contributed by atoms with Crippen molar-refractivity contribution >= 4 is 46.1 Å². The fraction of sp³-hybridized carbons (Fsp3) is 0.292. The summed E-state index contributed by atoms with van der Waals surface area (Å²) in [6.07, 6.45) is 3.75. The summed E-state index contributed by atoms with van der Waals surface area (Å²) < 4.78 is 38.2. The molecule has 2 aliphatic rings. The van der Waals surface area contributed by atoms with E-state index in [1.54, 1.807) is 18.5 Å². The molecule has 1 unspecified atom stereocenters. The van der Waals surface area contributed by atoms with Crippen molar-refractivity contribution in [2.75, 3.05) is 11.9 Å². The Balaban J connectivity index is 1.53. The first-order valence-corrected chi connectivity index (χ1v) is 11.4. The smallest absolute Gasteiger partial charge is 0.420 e. The average Bonchev–Trinajstić information content (AvgIpc) is 3.14. The highest BCUT2D eigenvalue weighted by molar-refractivity contribution is 6.20. The zero-order valence-corrected chi connectivity index (χ0v) is 19.6. The molecule has 0 spiro atoms. The molecule has 3 aromatic rings. The highest BCUT2D eigenvalue weighted by Gasteiger charge is 2.30. The van der Waals surface area contributed by atoms with Crippen LogP contribution in [-0.4, -0.2) is 40.2 Å². The molecule has 182 valence electrons. The summed E-state index contributed by atoms with van der Waals surface area (Å²) in [5.41, 5.74) is 0.180. The number of aromatic nitrogens is 2. The van der Waals surface area contributed by atoms with Crippen LogP contribution < -0.4 is 15.4 Å². The van der Waals surface area contributed by atoms with E-state index >= 15 is 0 Å². The molecule has 1 amide bonds. The second-order valence-corrected chi connectivity index (χ2v) is 8.68. The van der Waals surface area contributed by atoms with E-state index < -0.39 is 11.8 Å². The molecule has 0 bridgehead atoms. The number of aryl methyl sites for hydroxylation is 1. The van der Waals surface area contributed by atoms with E-state index in [-0.39, 0.29) is 17.7 Å². The maximum atomic E-state index is 13.2. The molecule has 0 saturated heterocycles. The van der Waals surface area contributed by atoms with Crippen LogP contribution >= 0.6 is 11.6 Å². The number of hydrogen-bond acceptors (Lipinski definition) is 6. The molecule has 0 radical (unpaired) electrons. The molecule has 0 aliphatic carbocycles. The van der Waals surface area contributed by atoms with Gasteiger partial charge in [0, 0.05) is 40.2 Å². The molecule has 1 aromatic heterocycles. The monoisotopic (exact) mass is 501 g/mol. The van der Waals surface area contributed by atoms with Gasteiger partial charge in [-0.15, -0.1) is 8.78 Å². The number of benzene rings is 2. The van der Waals surface area contributed by atoms with Gasteiger partial charge in [-0.3, -0.25) is 4.79 Å². The third kappa shape index (κ3) is 4.59. The number of rotatable bonds is 5. The molecule has 8 nitrogen and oxygen atoms in total. The Labute approximate surface area is 204 Å². The van der Waals surface area contributed by atoms with E-state index in [4.69, 9.17) is 21.3 Å². The Morgan fingerprint density at radius 1 is 1.34 bits per heavy atom. The van der Waals surface area contributed by atoms with Gasteiger partial charge in [0.25, 0.3) is 5.91 Å². The molecule has 0 fully saturated rings. The summed E-state index contributed by atoms with van der Waals surface area (Å²) in [5.74, 6) is 0.314. The lowest BCUT2D eigenvalue weighted by atomic mass is 9.98. The number of anilines is 1. The van der Waals surface area contributed by atoms with Gasteiger partial charge in [0.1, 0.15) is 11.6 Å². The zero-order valence-electron chi connectivity index (χ0n) is 18.9. The zero-order chi connectivity index (χ0) is 24.7. The summed E-state index contributed by atoms with van der Waals surface area (Å²) in [7, 11) is 0. The minimum atomic E-state index is -3.81. The van der Waals surface area contributed by atoms with Gasteiger partial charge in [-0.1, -0.05) is 6.92 Å².